The summed E-state index contributed by atoms with van der Waals surface area (Å²) < 4.78 is 17.3. The number of hydrogen-bond donors (Lipinski definition) is 1. The molecule has 0 spiro atoms. The lowest BCUT2D eigenvalue weighted by atomic mass is 10.0. The van der Waals surface area contributed by atoms with Crippen molar-refractivity contribution >= 4 is 40.5 Å². The number of carbonyl (C=O) groups is 1. The van der Waals surface area contributed by atoms with Crippen LogP contribution in [-0.2, 0) is 6.61 Å². The van der Waals surface area contributed by atoms with Gasteiger partial charge in [-0.25, -0.2) is 0 Å². The third-order valence-electron chi connectivity index (χ3n) is 5.58. The van der Waals surface area contributed by atoms with E-state index in [0.717, 1.165) is 11.1 Å². The summed E-state index contributed by atoms with van der Waals surface area (Å²) in [7, 11) is 0. The second kappa shape index (κ2) is 11.6. The number of ether oxygens (including phenoxy) is 2. The number of furan rings is 1. The average molecular weight is 555 g/mol. The molecule has 0 aliphatic carbocycles. The number of carbonyl (C=O) groups excluding carboxylic acids is 1. The maximum Gasteiger partial charge on any atom is 0.291 e. The van der Waals surface area contributed by atoms with Crippen molar-refractivity contribution in [2.45, 2.75) is 33.3 Å². The first kappa shape index (κ1) is 27.0. The Hall–Kier alpha value is -4.01. The zero-order valence-corrected chi connectivity index (χ0v) is 22.3. The van der Waals surface area contributed by atoms with Crippen LogP contribution >= 0.6 is 23.2 Å². The number of nitrogens with zero attached hydrogens (tertiary/aromatic N) is 1. The van der Waals surface area contributed by atoms with Gasteiger partial charge in [-0.05, 0) is 72.5 Å². The van der Waals surface area contributed by atoms with Crippen molar-refractivity contribution in [1.82, 2.24) is 0 Å². The predicted octanol–water partition coefficient (Wildman–Crippen LogP) is 8.55. The van der Waals surface area contributed by atoms with Gasteiger partial charge in [0.1, 0.15) is 29.6 Å². The van der Waals surface area contributed by atoms with Gasteiger partial charge >= 0.3 is 0 Å². The van der Waals surface area contributed by atoms with E-state index in [1.54, 1.807) is 30.3 Å². The fraction of sp³-hybridized carbons (Fsp3) is 0.179. The molecular weight excluding hydrogens is 531 g/mol. The summed E-state index contributed by atoms with van der Waals surface area (Å²) in [5, 5.41) is 15.2. The van der Waals surface area contributed by atoms with E-state index in [0.29, 0.717) is 27.3 Å². The molecule has 0 atom stereocenters. The Kier molecular flexibility index (Phi) is 8.24. The Bertz CT molecular complexity index is 1480. The van der Waals surface area contributed by atoms with Crippen molar-refractivity contribution in [3.63, 3.8) is 0 Å². The molecule has 0 fully saturated rings. The highest BCUT2D eigenvalue weighted by molar-refractivity contribution is 6.31. The van der Waals surface area contributed by atoms with E-state index >= 15 is 0 Å². The van der Waals surface area contributed by atoms with Gasteiger partial charge in [0.25, 0.3) is 11.6 Å². The molecule has 0 aliphatic rings. The Morgan fingerprint density at radius 2 is 1.76 bits per heavy atom. The molecule has 0 aliphatic heterocycles. The number of anilines is 1. The molecule has 0 saturated heterocycles. The summed E-state index contributed by atoms with van der Waals surface area (Å²) in [6.07, 6.45) is 0. The molecule has 0 saturated carbocycles. The average Bonchev–Trinajstić information content (AvgIpc) is 3.35. The van der Waals surface area contributed by atoms with Crippen LogP contribution in [0.5, 0.6) is 17.2 Å². The lowest BCUT2D eigenvalue weighted by molar-refractivity contribution is -0.384. The lowest BCUT2D eigenvalue weighted by Gasteiger charge is -2.15. The van der Waals surface area contributed by atoms with Gasteiger partial charge in [0.15, 0.2) is 5.76 Å². The number of nitro benzene ring substituents is 1. The SMILES string of the molecule is Cc1cc(OCc2ccc(C(=O)Nc3cc(Oc4ccc(Cl)cc4)cc([N+](=O)[O-])c3)o2)c(C(C)C)cc1Cl. The fourth-order valence-electron chi connectivity index (χ4n) is 3.62. The van der Waals surface area contributed by atoms with Crippen LogP contribution < -0.4 is 14.8 Å². The van der Waals surface area contributed by atoms with Crippen LogP contribution in [-0.4, -0.2) is 10.8 Å². The van der Waals surface area contributed by atoms with Crippen molar-refractivity contribution in [2.24, 2.45) is 0 Å². The largest absolute Gasteiger partial charge is 0.485 e. The summed E-state index contributed by atoms with van der Waals surface area (Å²) in [5.74, 6) is 1.36. The van der Waals surface area contributed by atoms with E-state index in [9.17, 15) is 14.9 Å². The molecule has 38 heavy (non-hydrogen) atoms. The Morgan fingerprint density at radius 3 is 2.45 bits per heavy atom. The number of amides is 1. The van der Waals surface area contributed by atoms with Crippen LogP contribution in [0.15, 0.2) is 71.1 Å². The van der Waals surface area contributed by atoms with Crippen LogP contribution in [0, 0.1) is 17.0 Å². The topological polar surface area (TPSA) is 104 Å². The lowest BCUT2D eigenvalue weighted by Crippen LogP contribution is -2.11. The highest BCUT2D eigenvalue weighted by atomic mass is 35.5. The molecule has 0 unspecified atom stereocenters. The molecular formula is C28H24Cl2N2O6. The zero-order valence-electron chi connectivity index (χ0n) is 20.8. The first-order valence-electron chi connectivity index (χ1n) is 11.6. The first-order chi connectivity index (χ1) is 18.1. The summed E-state index contributed by atoms with van der Waals surface area (Å²) in [6, 6.07) is 17.4. The molecule has 4 rings (SSSR count). The quantitative estimate of drug-likeness (QED) is 0.164. The third kappa shape index (κ3) is 6.65. The molecule has 1 amide bonds. The Balaban J connectivity index is 1.47. The van der Waals surface area contributed by atoms with Gasteiger partial charge in [0.05, 0.1) is 16.7 Å². The van der Waals surface area contributed by atoms with Gasteiger partial charge < -0.3 is 19.2 Å². The van der Waals surface area contributed by atoms with Gasteiger partial charge in [-0.2, -0.15) is 0 Å². The van der Waals surface area contributed by atoms with Crippen molar-refractivity contribution in [1.29, 1.82) is 0 Å². The van der Waals surface area contributed by atoms with E-state index < -0.39 is 10.8 Å². The van der Waals surface area contributed by atoms with Crippen LogP contribution in [0.1, 0.15) is 47.2 Å². The summed E-state index contributed by atoms with van der Waals surface area (Å²) in [5.41, 5.74) is 1.77. The minimum Gasteiger partial charge on any atom is -0.485 e. The number of hydrogen-bond acceptors (Lipinski definition) is 6. The highest BCUT2D eigenvalue weighted by Gasteiger charge is 2.17. The second-order valence-corrected chi connectivity index (χ2v) is 9.67. The zero-order chi connectivity index (χ0) is 27.4. The first-order valence-corrected chi connectivity index (χ1v) is 12.4. The van der Waals surface area contributed by atoms with Crippen LogP contribution in [0.25, 0.3) is 0 Å². The summed E-state index contributed by atoms with van der Waals surface area (Å²) >= 11 is 12.2. The minimum absolute atomic E-state index is 0.0200. The number of nitrogens with one attached hydrogen (secondary N) is 1. The second-order valence-electron chi connectivity index (χ2n) is 8.83. The van der Waals surface area contributed by atoms with Gasteiger partial charge in [0, 0.05) is 22.2 Å². The maximum absolute atomic E-state index is 12.8. The molecule has 3 aromatic carbocycles. The number of rotatable bonds is 9. The highest BCUT2D eigenvalue weighted by Crippen LogP contribution is 2.33. The molecule has 8 nitrogen and oxygen atoms in total. The molecule has 1 heterocycles. The third-order valence-corrected chi connectivity index (χ3v) is 6.24. The molecule has 0 radical (unpaired) electrons. The van der Waals surface area contributed by atoms with Crippen LogP contribution in [0.3, 0.4) is 0 Å². The Labute approximate surface area is 229 Å². The van der Waals surface area contributed by atoms with Gasteiger partial charge in [0.2, 0.25) is 0 Å². The standard InChI is InChI=1S/C28H24Cl2N2O6/c1-16(2)24-14-25(30)17(3)10-27(24)36-15-22-8-9-26(38-22)28(33)31-19-11-20(32(34)35)13-23(12-19)37-21-6-4-18(29)5-7-21/h4-14,16H,15H2,1-3H3,(H,31,33). The molecule has 1 N–H and O–H groups in total. The van der Waals surface area contributed by atoms with Crippen molar-refractivity contribution < 1.29 is 23.6 Å². The van der Waals surface area contributed by atoms with E-state index in [2.05, 4.69) is 5.32 Å². The number of aryl methyl sites for hydroxylation is 1. The number of non-ortho nitro benzene ring substituents is 1. The minimum atomic E-state index is -0.584. The van der Waals surface area contributed by atoms with Gasteiger partial charge in [-0.1, -0.05) is 37.0 Å². The van der Waals surface area contributed by atoms with E-state index in [-0.39, 0.29) is 35.4 Å². The molecule has 196 valence electrons. The molecule has 1 aromatic heterocycles. The fourth-order valence-corrected chi connectivity index (χ4v) is 3.92. The van der Waals surface area contributed by atoms with Crippen LogP contribution in [0.2, 0.25) is 10.0 Å². The summed E-state index contributed by atoms with van der Waals surface area (Å²) in [4.78, 5) is 23.7. The van der Waals surface area contributed by atoms with E-state index in [1.807, 2.05) is 32.9 Å². The molecule has 10 heteroatoms. The summed E-state index contributed by atoms with van der Waals surface area (Å²) in [6.45, 7) is 6.09. The number of halogens is 2. The number of benzene rings is 3. The molecule has 0 bridgehead atoms. The van der Waals surface area contributed by atoms with Crippen molar-refractivity contribution in [3.8, 4) is 17.2 Å². The monoisotopic (exact) mass is 554 g/mol. The predicted molar refractivity (Wildman–Crippen MR) is 146 cm³/mol. The van der Waals surface area contributed by atoms with Crippen molar-refractivity contribution in [3.05, 3.63) is 110 Å². The van der Waals surface area contributed by atoms with Crippen LogP contribution in [0.4, 0.5) is 11.4 Å². The maximum atomic E-state index is 12.8. The van der Waals surface area contributed by atoms with E-state index in [4.69, 9.17) is 37.1 Å². The van der Waals surface area contributed by atoms with Crippen molar-refractivity contribution in [2.75, 3.05) is 5.32 Å². The number of nitro groups is 1. The van der Waals surface area contributed by atoms with Gasteiger partial charge in [-0.3, -0.25) is 14.9 Å². The van der Waals surface area contributed by atoms with Gasteiger partial charge in [-0.15, -0.1) is 0 Å². The smallest absolute Gasteiger partial charge is 0.291 e. The normalized spacial score (nSPS) is 10.9. The Morgan fingerprint density at radius 1 is 1.03 bits per heavy atom. The molecule has 4 aromatic rings. The van der Waals surface area contributed by atoms with E-state index in [1.165, 1.54) is 24.3 Å².